The Morgan fingerprint density at radius 3 is 2.56 bits per heavy atom. The fourth-order valence-corrected chi connectivity index (χ4v) is 3.26. The fraction of sp³-hybridized carbons (Fsp3) is 0.381. The van der Waals surface area contributed by atoms with E-state index in [1.807, 2.05) is 36.2 Å². The van der Waals surface area contributed by atoms with Gasteiger partial charge in [-0.05, 0) is 30.5 Å². The third-order valence-corrected chi connectivity index (χ3v) is 5.02. The summed E-state index contributed by atoms with van der Waals surface area (Å²) in [6, 6.07) is 16.3. The number of nitrogens with zero attached hydrogens (tertiary/aromatic N) is 1. The standard InChI is InChI=1S/C21H25NO3/c1-15(22(2)21(23)18-12-13-25-14-18)16-8-10-17(11-9-16)19-6-4-5-7-20(19)24-3/h4-11,15,18H,12-14H2,1-3H3/t15-,18+/m0/s1. The van der Waals surface area contributed by atoms with Gasteiger partial charge in [0, 0.05) is 19.2 Å². The van der Waals surface area contributed by atoms with E-state index >= 15 is 0 Å². The van der Waals surface area contributed by atoms with Crippen LogP contribution in [0.1, 0.15) is 24.9 Å². The van der Waals surface area contributed by atoms with E-state index in [0.29, 0.717) is 13.2 Å². The second-order valence-electron chi connectivity index (χ2n) is 6.51. The van der Waals surface area contributed by atoms with Crippen molar-refractivity contribution in [2.45, 2.75) is 19.4 Å². The predicted molar refractivity (Wildman–Crippen MR) is 98.5 cm³/mol. The molecule has 2 atom stereocenters. The maximum absolute atomic E-state index is 12.6. The molecule has 4 nitrogen and oxygen atoms in total. The van der Waals surface area contributed by atoms with Gasteiger partial charge in [-0.3, -0.25) is 4.79 Å². The molecule has 1 aliphatic heterocycles. The van der Waals surface area contributed by atoms with E-state index in [0.717, 1.165) is 28.9 Å². The zero-order valence-corrected chi connectivity index (χ0v) is 15.1. The van der Waals surface area contributed by atoms with Gasteiger partial charge in [0.25, 0.3) is 0 Å². The molecule has 1 aliphatic rings. The molecule has 25 heavy (non-hydrogen) atoms. The lowest BCUT2D eigenvalue weighted by Crippen LogP contribution is -2.35. The highest BCUT2D eigenvalue weighted by Crippen LogP contribution is 2.31. The summed E-state index contributed by atoms with van der Waals surface area (Å²) in [6.07, 6.45) is 0.822. The van der Waals surface area contributed by atoms with E-state index in [2.05, 4.69) is 31.2 Å². The third-order valence-electron chi connectivity index (χ3n) is 5.02. The summed E-state index contributed by atoms with van der Waals surface area (Å²) in [5, 5.41) is 0. The van der Waals surface area contributed by atoms with Crippen LogP contribution in [0.15, 0.2) is 48.5 Å². The summed E-state index contributed by atoms with van der Waals surface area (Å²) in [4.78, 5) is 14.4. The van der Waals surface area contributed by atoms with E-state index < -0.39 is 0 Å². The second kappa shape index (κ2) is 7.70. The number of para-hydroxylation sites is 1. The molecule has 0 radical (unpaired) electrons. The second-order valence-corrected chi connectivity index (χ2v) is 6.51. The Kier molecular flexibility index (Phi) is 5.39. The number of methoxy groups -OCH3 is 1. The topological polar surface area (TPSA) is 38.8 Å². The van der Waals surface area contributed by atoms with Crippen molar-refractivity contribution in [3.8, 4) is 16.9 Å². The molecule has 1 saturated heterocycles. The SMILES string of the molecule is COc1ccccc1-c1ccc([C@H](C)N(C)C(=O)[C@@H]2CCOC2)cc1. The first-order valence-corrected chi connectivity index (χ1v) is 8.69. The molecule has 4 heteroatoms. The summed E-state index contributed by atoms with van der Waals surface area (Å²) in [5.74, 6) is 1.02. The molecule has 0 bridgehead atoms. The number of hydrogen-bond donors (Lipinski definition) is 0. The van der Waals surface area contributed by atoms with E-state index in [9.17, 15) is 4.79 Å². The maximum atomic E-state index is 12.6. The number of carbonyl (C=O) groups is 1. The lowest BCUT2D eigenvalue weighted by atomic mass is 9.99. The first kappa shape index (κ1) is 17.5. The number of benzene rings is 2. The van der Waals surface area contributed by atoms with Crippen LogP contribution in [0.25, 0.3) is 11.1 Å². The first-order chi connectivity index (χ1) is 12.1. The van der Waals surface area contributed by atoms with Crippen molar-refractivity contribution in [1.29, 1.82) is 0 Å². The largest absolute Gasteiger partial charge is 0.496 e. The zero-order chi connectivity index (χ0) is 17.8. The molecule has 0 aliphatic carbocycles. The van der Waals surface area contributed by atoms with Gasteiger partial charge in [0.15, 0.2) is 0 Å². The monoisotopic (exact) mass is 339 g/mol. The zero-order valence-electron chi connectivity index (χ0n) is 15.1. The molecule has 0 unspecified atom stereocenters. The Morgan fingerprint density at radius 1 is 1.20 bits per heavy atom. The molecule has 0 spiro atoms. The van der Waals surface area contributed by atoms with Crippen LogP contribution in [0.3, 0.4) is 0 Å². The summed E-state index contributed by atoms with van der Waals surface area (Å²) in [7, 11) is 3.56. The van der Waals surface area contributed by atoms with Gasteiger partial charge in [0.1, 0.15) is 5.75 Å². The predicted octanol–water partition coefficient (Wildman–Crippen LogP) is 3.92. The Hall–Kier alpha value is -2.33. The highest BCUT2D eigenvalue weighted by molar-refractivity contribution is 5.79. The molecular weight excluding hydrogens is 314 g/mol. The van der Waals surface area contributed by atoms with Crippen LogP contribution >= 0.6 is 0 Å². The number of hydrogen-bond acceptors (Lipinski definition) is 3. The van der Waals surface area contributed by atoms with Crippen molar-refractivity contribution in [2.24, 2.45) is 5.92 Å². The minimum absolute atomic E-state index is 0.000281. The minimum Gasteiger partial charge on any atom is -0.496 e. The van der Waals surface area contributed by atoms with Crippen LogP contribution in [-0.4, -0.2) is 38.2 Å². The van der Waals surface area contributed by atoms with E-state index in [-0.39, 0.29) is 17.9 Å². The molecular formula is C21H25NO3. The van der Waals surface area contributed by atoms with Crippen LogP contribution in [0.5, 0.6) is 5.75 Å². The number of ether oxygens (including phenoxy) is 2. The Labute approximate surface area is 149 Å². The first-order valence-electron chi connectivity index (χ1n) is 8.69. The molecule has 1 heterocycles. The Morgan fingerprint density at radius 2 is 1.92 bits per heavy atom. The fourth-order valence-electron chi connectivity index (χ4n) is 3.26. The molecule has 1 amide bonds. The van der Waals surface area contributed by atoms with E-state index in [1.54, 1.807) is 7.11 Å². The summed E-state index contributed by atoms with van der Waals surface area (Å²) >= 11 is 0. The molecule has 1 fully saturated rings. The van der Waals surface area contributed by atoms with Crippen LogP contribution < -0.4 is 4.74 Å². The van der Waals surface area contributed by atoms with Crippen molar-refractivity contribution in [3.05, 3.63) is 54.1 Å². The summed E-state index contributed by atoms with van der Waals surface area (Å²) in [6.45, 7) is 3.29. The molecule has 132 valence electrons. The van der Waals surface area contributed by atoms with Gasteiger partial charge in [-0.1, -0.05) is 42.5 Å². The van der Waals surface area contributed by atoms with Gasteiger partial charge in [-0.25, -0.2) is 0 Å². The van der Waals surface area contributed by atoms with Gasteiger partial charge in [0.05, 0.1) is 25.7 Å². The normalized spacial score (nSPS) is 18.0. The van der Waals surface area contributed by atoms with Crippen molar-refractivity contribution in [3.63, 3.8) is 0 Å². The number of rotatable bonds is 5. The van der Waals surface area contributed by atoms with Gasteiger partial charge in [-0.2, -0.15) is 0 Å². The molecule has 0 saturated carbocycles. The van der Waals surface area contributed by atoms with Crippen molar-refractivity contribution >= 4 is 5.91 Å². The van der Waals surface area contributed by atoms with E-state index in [1.165, 1.54) is 0 Å². The smallest absolute Gasteiger partial charge is 0.228 e. The lowest BCUT2D eigenvalue weighted by molar-refractivity contribution is -0.136. The van der Waals surface area contributed by atoms with Crippen LogP contribution in [0.2, 0.25) is 0 Å². The van der Waals surface area contributed by atoms with Crippen LogP contribution in [0, 0.1) is 5.92 Å². The Balaban J connectivity index is 1.76. The molecule has 0 aromatic heterocycles. The lowest BCUT2D eigenvalue weighted by Gasteiger charge is -2.27. The van der Waals surface area contributed by atoms with Crippen LogP contribution in [0.4, 0.5) is 0 Å². The summed E-state index contributed by atoms with van der Waals surface area (Å²) in [5.41, 5.74) is 3.29. The van der Waals surface area contributed by atoms with Crippen molar-refractivity contribution in [1.82, 2.24) is 4.90 Å². The number of amides is 1. The third kappa shape index (κ3) is 3.69. The Bertz CT molecular complexity index is 720. The average Bonchev–Trinajstić information content (AvgIpc) is 3.21. The van der Waals surface area contributed by atoms with E-state index in [4.69, 9.17) is 9.47 Å². The van der Waals surface area contributed by atoms with Gasteiger partial charge in [0.2, 0.25) is 5.91 Å². The quantitative estimate of drug-likeness (QED) is 0.829. The summed E-state index contributed by atoms with van der Waals surface area (Å²) < 4.78 is 10.8. The highest BCUT2D eigenvalue weighted by Gasteiger charge is 2.28. The number of carbonyl (C=O) groups excluding carboxylic acids is 1. The van der Waals surface area contributed by atoms with Gasteiger partial charge >= 0.3 is 0 Å². The maximum Gasteiger partial charge on any atom is 0.228 e. The van der Waals surface area contributed by atoms with Gasteiger partial charge in [-0.15, -0.1) is 0 Å². The average molecular weight is 339 g/mol. The van der Waals surface area contributed by atoms with Crippen molar-refractivity contribution < 1.29 is 14.3 Å². The molecule has 2 aromatic carbocycles. The van der Waals surface area contributed by atoms with Crippen LogP contribution in [-0.2, 0) is 9.53 Å². The van der Waals surface area contributed by atoms with Crippen molar-refractivity contribution in [2.75, 3.05) is 27.4 Å². The minimum atomic E-state index is 0.000281. The molecule has 0 N–H and O–H groups in total. The molecule has 2 aromatic rings. The molecule has 3 rings (SSSR count). The van der Waals surface area contributed by atoms with Gasteiger partial charge < -0.3 is 14.4 Å². The highest BCUT2D eigenvalue weighted by atomic mass is 16.5.